The van der Waals surface area contributed by atoms with E-state index in [0.29, 0.717) is 24.7 Å². The molecule has 0 spiro atoms. The first-order valence-corrected chi connectivity index (χ1v) is 6.56. The summed E-state index contributed by atoms with van der Waals surface area (Å²) in [6, 6.07) is 11.9. The molecule has 2 aromatic rings. The van der Waals surface area contributed by atoms with Crippen LogP contribution in [0.1, 0.15) is 12.5 Å². The molecule has 0 atom stereocenters. The number of nitrogens with one attached hydrogen (secondary N) is 1. The van der Waals surface area contributed by atoms with E-state index in [-0.39, 0.29) is 5.82 Å². The monoisotopic (exact) mass is 275 g/mol. The lowest BCUT2D eigenvalue weighted by Crippen LogP contribution is -2.06. The molecule has 0 saturated carbocycles. The van der Waals surface area contributed by atoms with Crippen LogP contribution in [0.2, 0.25) is 0 Å². The minimum atomic E-state index is -0.273. The number of ether oxygens (including phenoxy) is 2. The molecule has 0 fully saturated rings. The van der Waals surface area contributed by atoms with Crippen LogP contribution in [-0.4, -0.2) is 13.7 Å². The highest BCUT2D eigenvalue weighted by molar-refractivity contribution is 5.40. The lowest BCUT2D eigenvalue weighted by molar-refractivity contribution is 0.338. The minimum Gasteiger partial charge on any atom is -0.494 e. The fraction of sp³-hybridized carbons (Fsp3) is 0.250. The highest BCUT2D eigenvalue weighted by Gasteiger charge is 2.07. The molecule has 0 amide bonds. The van der Waals surface area contributed by atoms with Crippen LogP contribution in [0.3, 0.4) is 0 Å². The molecule has 0 saturated heterocycles. The zero-order valence-corrected chi connectivity index (χ0v) is 11.7. The molecule has 0 unspecified atom stereocenters. The first-order valence-electron chi connectivity index (χ1n) is 6.56. The van der Waals surface area contributed by atoms with Gasteiger partial charge in [-0.2, -0.15) is 0 Å². The van der Waals surface area contributed by atoms with E-state index in [1.807, 2.05) is 38.2 Å². The second-order valence-corrected chi connectivity index (χ2v) is 4.29. The van der Waals surface area contributed by atoms with Crippen LogP contribution >= 0.6 is 0 Å². The van der Waals surface area contributed by atoms with Crippen LogP contribution in [-0.2, 0) is 6.54 Å². The Bertz CT molecular complexity index is 572. The fourth-order valence-corrected chi connectivity index (χ4v) is 1.90. The molecule has 106 valence electrons. The molecule has 0 aromatic heterocycles. The highest BCUT2D eigenvalue weighted by atomic mass is 19.1. The molecular weight excluding hydrogens is 257 g/mol. The zero-order valence-electron chi connectivity index (χ0n) is 11.7. The van der Waals surface area contributed by atoms with Crippen LogP contribution in [0.25, 0.3) is 0 Å². The van der Waals surface area contributed by atoms with E-state index in [4.69, 9.17) is 9.47 Å². The third kappa shape index (κ3) is 3.71. The molecular formula is C16H18FNO2. The predicted octanol–water partition coefficient (Wildman–Crippen LogP) is 3.74. The van der Waals surface area contributed by atoms with Crippen LogP contribution in [0.5, 0.6) is 17.2 Å². The Morgan fingerprint density at radius 2 is 1.90 bits per heavy atom. The molecule has 1 N–H and O–H groups in total. The Balaban J connectivity index is 2.22. The third-order valence-electron chi connectivity index (χ3n) is 2.73. The summed E-state index contributed by atoms with van der Waals surface area (Å²) in [7, 11) is 1.81. The van der Waals surface area contributed by atoms with E-state index in [0.717, 1.165) is 11.3 Å². The SMILES string of the molecule is CCOc1cccc(Oc2ccc(F)cc2CNC)c1. The van der Waals surface area contributed by atoms with Gasteiger partial charge in [-0.3, -0.25) is 0 Å². The zero-order chi connectivity index (χ0) is 14.4. The molecule has 0 aliphatic carbocycles. The highest BCUT2D eigenvalue weighted by Crippen LogP contribution is 2.28. The average Bonchev–Trinajstić information content (AvgIpc) is 2.43. The smallest absolute Gasteiger partial charge is 0.132 e. The van der Waals surface area contributed by atoms with Gasteiger partial charge in [-0.05, 0) is 44.3 Å². The third-order valence-corrected chi connectivity index (χ3v) is 2.73. The summed E-state index contributed by atoms with van der Waals surface area (Å²) in [5.41, 5.74) is 0.773. The van der Waals surface area contributed by atoms with Gasteiger partial charge in [0.1, 0.15) is 23.1 Å². The summed E-state index contributed by atoms with van der Waals surface area (Å²) in [5.74, 6) is 1.78. The van der Waals surface area contributed by atoms with E-state index in [9.17, 15) is 4.39 Å². The van der Waals surface area contributed by atoms with Gasteiger partial charge in [0.2, 0.25) is 0 Å². The van der Waals surface area contributed by atoms with Gasteiger partial charge in [0.25, 0.3) is 0 Å². The maximum Gasteiger partial charge on any atom is 0.132 e. The van der Waals surface area contributed by atoms with Crippen LogP contribution < -0.4 is 14.8 Å². The van der Waals surface area contributed by atoms with E-state index < -0.39 is 0 Å². The second-order valence-electron chi connectivity index (χ2n) is 4.29. The van der Waals surface area contributed by atoms with Crippen molar-refractivity contribution in [3.05, 3.63) is 53.8 Å². The van der Waals surface area contributed by atoms with Gasteiger partial charge in [-0.25, -0.2) is 4.39 Å². The van der Waals surface area contributed by atoms with Crippen molar-refractivity contribution in [1.82, 2.24) is 5.32 Å². The Morgan fingerprint density at radius 3 is 2.65 bits per heavy atom. The average molecular weight is 275 g/mol. The largest absolute Gasteiger partial charge is 0.494 e. The van der Waals surface area contributed by atoms with Gasteiger partial charge >= 0.3 is 0 Å². The Kier molecular flexibility index (Phi) is 4.96. The fourth-order valence-electron chi connectivity index (χ4n) is 1.90. The molecule has 0 bridgehead atoms. The summed E-state index contributed by atoms with van der Waals surface area (Å²) >= 11 is 0. The van der Waals surface area contributed by atoms with Gasteiger partial charge in [0.15, 0.2) is 0 Å². The van der Waals surface area contributed by atoms with Crippen molar-refractivity contribution in [3.8, 4) is 17.2 Å². The lowest BCUT2D eigenvalue weighted by atomic mass is 10.2. The van der Waals surface area contributed by atoms with Crippen molar-refractivity contribution >= 4 is 0 Å². The molecule has 20 heavy (non-hydrogen) atoms. The molecule has 0 radical (unpaired) electrons. The van der Waals surface area contributed by atoms with Crippen molar-refractivity contribution in [1.29, 1.82) is 0 Å². The van der Waals surface area contributed by atoms with Crippen molar-refractivity contribution in [3.63, 3.8) is 0 Å². The normalized spacial score (nSPS) is 10.3. The van der Waals surface area contributed by atoms with Crippen molar-refractivity contribution in [2.24, 2.45) is 0 Å². The molecule has 0 aliphatic rings. The van der Waals surface area contributed by atoms with Crippen molar-refractivity contribution < 1.29 is 13.9 Å². The standard InChI is InChI=1S/C16H18FNO2/c1-3-19-14-5-4-6-15(10-14)20-16-8-7-13(17)9-12(16)11-18-2/h4-10,18H,3,11H2,1-2H3. The van der Waals surface area contributed by atoms with Crippen molar-refractivity contribution in [2.75, 3.05) is 13.7 Å². The number of hydrogen-bond donors (Lipinski definition) is 1. The topological polar surface area (TPSA) is 30.5 Å². The van der Waals surface area contributed by atoms with Gasteiger partial charge < -0.3 is 14.8 Å². The van der Waals surface area contributed by atoms with Gasteiger partial charge in [-0.15, -0.1) is 0 Å². The summed E-state index contributed by atoms with van der Waals surface area (Å²) in [5, 5.41) is 3.00. The van der Waals surface area contributed by atoms with Crippen molar-refractivity contribution in [2.45, 2.75) is 13.5 Å². The van der Waals surface area contributed by atoms with E-state index in [1.165, 1.54) is 12.1 Å². The molecule has 4 heteroatoms. The summed E-state index contributed by atoms with van der Waals surface area (Å²) in [4.78, 5) is 0. The summed E-state index contributed by atoms with van der Waals surface area (Å²) in [6.07, 6.45) is 0. The van der Waals surface area contributed by atoms with Crippen LogP contribution in [0, 0.1) is 5.82 Å². The molecule has 2 rings (SSSR count). The maximum atomic E-state index is 13.3. The minimum absolute atomic E-state index is 0.273. The Morgan fingerprint density at radius 1 is 1.10 bits per heavy atom. The Hall–Kier alpha value is -2.07. The van der Waals surface area contributed by atoms with E-state index >= 15 is 0 Å². The molecule has 0 heterocycles. The van der Waals surface area contributed by atoms with Gasteiger partial charge in [-0.1, -0.05) is 6.07 Å². The van der Waals surface area contributed by atoms with Gasteiger partial charge in [0.05, 0.1) is 6.61 Å². The first-order chi connectivity index (χ1) is 9.72. The maximum absolute atomic E-state index is 13.3. The predicted molar refractivity (Wildman–Crippen MR) is 76.8 cm³/mol. The second kappa shape index (κ2) is 6.91. The number of halogens is 1. The lowest BCUT2D eigenvalue weighted by Gasteiger charge is -2.12. The van der Waals surface area contributed by atoms with Gasteiger partial charge in [0, 0.05) is 18.2 Å². The van der Waals surface area contributed by atoms with Crippen LogP contribution in [0.15, 0.2) is 42.5 Å². The summed E-state index contributed by atoms with van der Waals surface area (Å²) in [6.45, 7) is 3.07. The number of benzene rings is 2. The van der Waals surface area contributed by atoms with E-state index in [2.05, 4.69) is 5.32 Å². The summed E-state index contributed by atoms with van der Waals surface area (Å²) < 4.78 is 24.5. The van der Waals surface area contributed by atoms with E-state index in [1.54, 1.807) is 6.07 Å². The molecule has 0 aliphatic heterocycles. The van der Waals surface area contributed by atoms with Crippen LogP contribution in [0.4, 0.5) is 4.39 Å². The molecule has 2 aromatic carbocycles. The Labute approximate surface area is 118 Å². The first kappa shape index (κ1) is 14.3. The number of hydrogen-bond acceptors (Lipinski definition) is 3. The molecule has 3 nitrogen and oxygen atoms in total. The number of rotatable bonds is 6. The quantitative estimate of drug-likeness (QED) is 0.871.